The molecular formula is C15H23FN2. The van der Waals surface area contributed by atoms with E-state index in [1.807, 2.05) is 6.92 Å². The minimum Gasteiger partial charge on any atom is -0.368 e. The zero-order valence-corrected chi connectivity index (χ0v) is 11.8. The third-order valence-corrected chi connectivity index (χ3v) is 3.64. The van der Waals surface area contributed by atoms with Crippen molar-refractivity contribution in [3.63, 3.8) is 0 Å². The molecule has 1 fully saturated rings. The summed E-state index contributed by atoms with van der Waals surface area (Å²) in [6.07, 6.45) is 0. The van der Waals surface area contributed by atoms with E-state index in [1.165, 1.54) is 11.3 Å². The summed E-state index contributed by atoms with van der Waals surface area (Å²) < 4.78 is 13.3. The summed E-state index contributed by atoms with van der Waals surface area (Å²) in [6.45, 7) is 10.6. The average molecular weight is 250 g/mol. The van der Waals surface area contributed by atoms with Gasteiger partial charge >= 0.3 is 0 Å². The van der Waals surface area contributed by atoms with Crippen molar-refractivity contribution >= 4 is 5.69 Å². The van der Waals surface area contributed by atoms with Crippen LogP contribution in [-0.4, -0.2) is 30.8 Å². The van der Waals surface area contributed by atoms with Gasteiger partial charge in [0, 0.05) is 25.3 Å². The van der Waals surface area contributed by atoms with Gasteiger partial charge in [0.1, 0.15) is 0 Å². The first kappa shape index (κ1) is 13.3. The van der Waals surface area contributed by atoms with Crippen molar-refractivity contribution in [1.29, 1.82) is 0 Å². The van der Waals surface area contributed by atoms with E-state index in [9.17, 15) is 4.48 Å². The summed E-state index contributed by atoms with van der Waals surface area (Å²) in [6, 6.07) is 8.65. The molecule has 2 nitrogen and oxygen atoms in total. The molecule has 18 heavy (non-hydrogen) atoms. The van der Waals surface area contributed by atoms with Gasteiger partial charge in [0.15, 0.2) is 0 Å². The fourth-order valence-electron chi connectivity index (χ4n) is 2.34. The van der Waals surface area contributed by atoms with Gasteiger partial charge in [-0.1, -0.05) is 32.9 Å². The predicted molar refractivity (Wildman–Crippen MR) is 74.6 cm³/mol. The van der Waals surface area contributed by atoms with Crippen LogP contribution in [0.3, 0.4) is 0 Å². The Kier molecular flexibility index (Phi) is 3.62. The maximum Gasteiger partial charge on any atom is 0.0550 e. The van der Waals surface area contributed by atoms with Crippen LogP contribution in [0.15, 0.2) is 24.3 Å². The van der Waals surface area contributed by atoms with Crippen molar-refractivity contribution in [3.05, 3.63) is 29.8 Å². The molecule has 1 aromatic carbocycles. The lowest BCUT2D eigenvalue weighted by Crippen LogP contribution is -2.48. The van der Waals surface area contributed by atoms with Crippen molar-refractivity contribution in [2.24, 2.45) is 0 Å². The lowest BCUT2D eigenvalue weighted by molar-refractivity contribution is -0.0218. The SMILES string of the molecule is CC1CN(c2ccc(C(C)(C)C)cc2)CCN1F. The normalized spacial score (nSPS) is 22.3. The highest BCUT2D eigenvalue weighted by Gasteiger charge is 2.23. The first-order chi connectivity index (χ1) is 8.38. The molecule has 0 radical (unpaired) electrons. The number of hydrogen-bond donors (Lipinski definition) is 0. The molecule has 3 heteroatoms. The van der Waals surface area contributed by atoms with Crippen LogP contribution in [0.2, 0.25) is 0 Å². The van der Waals surface area contributed by atoms with E-state index in [4.69, 9.17) is 0 Å². The first-order valence-corrected chi connectivity index (χ1v) is 6.66. The van der Waals surface area contributed by atoms with Crippen LogP contribution in [-0.2, 0) is 5.41 Å². The molecule has 1 aliphatic heterocycles. The predicted octanol–water partition coefficient (Wildman–Crippen LogP) is 3.38. The monoisotopic (exact) mass is 250 g/mol. The summed E-state index contributed by atoms with van der Waals surface area (Å²) in [7, 11) is 0. The quantitative estimate of drug-likeness (QED) is 0.705. The van der Waals surface area contributed by atoms with E-state index >= 15 is 0 Å². The van der Waals surface area contributed by atoms with Crippen molar-refractivity contribution < 1.29 is 4.48 Å². The molecule has 0 N–H and O–H groups in total. The Bertz CT molecular complexity index is 394. The lowest BCUT2D eigenvalue weighted by atomic mass is 9.87. The zero-order chi connectivity index (χ0) is 13.3. The van der Waals surface area contributed by atoms with Crippen LogP contribution >= 0.6 is 0 Å². The van der Waals surface area contributed by atoms with Gasteiger partial charge in [0.2, 0.25) is 0 Å². The van der Waals surface area contributed by atoms with Gasteiger partial charge in [-0.25, -0.2) is 0 Å². The van der Waals surface area contributed by atoms with Gasteiger partial charge in [-0.3, -0.25) is 0 Å². The van der Waals surface area contributed by atoms with Crippen LogP contribution in [0.25, 0.3) is 0 Å². The Morgan fingerprint density at radius 2 is 1.72 bits per heavy atom. The average Bonchev–Trinajstić information content (AvgIpc) is 2.32. The van der Waals surface area contributed by atoms with Crippen LogP contribution in [0.4, 0.5) is 10.2 Å². The molecule has 1 heterocycles. The minimum atomic E-state index is -0.0268. The molecule has 0 spiro atoms. The number of anilines is 1. The third-order valence-electron chi connectivity index (χ3n) is 3.64. The van der Waals surface area contributed by atoms with Crippen LogP contribution in [0.5, 0.6) is 0 Å². The Labute approximate surface area is 109 Å². The topological polar surface area (TPSA) is 6.48 Å². The molecule has 0 bridgehead atoms. The van der Waals surface area contributed by atoms with Gasteiger partial charge in [0.05, 0.1) is 6.04 Å². The summed E-state index contributed by atoms with van der Waals surface area (Å²) >= 11 is 0. The summed E-state index contributed by atoms with van der Waals surface area (Å²) in [5.74, 6) is 0. The van der Waals surface area contributed by atoms with E-state index in [0.29, 0.717) is 6.54 Å². The largest absolute Gasteiger partial charge is 0.368 e. The number of hydrogen-bond acceptors (Lipinski definition) is 2. The minimum absolute atomic E-state index is 0.0268. The Morgan fingerprint density at radius 3 is 2.22 bits per heavy atom. The van der Waals surface area contributed by atoms with E-state index in [2.05, 4.69) is 49.9 Å². The smallest absolute Gasteiger partial charge is 0.0550 e. The van der Waals surface area contributed by atoms with Gasteiger partial charge < -0.3 is 4.90 Å². The van der Waals surface area contributed by atoms with E-state index < -0.39 is 0 Å². The van der Waals surface area contributed by atoms with Crippen LogP contribution in [0.1, 0.15) is 33.3 Å². The van der Waals surface area contributed by atoms with Gasteiger partial charge in [-0.2, -0.15) is 0 Å². The second-order valence-corrected chi connectivity index (χ2v) is 6.22. The standard InChI is InChI=1S/C15H23FN2/c1-12-11-17(9-10-18(12)16)14-7-5-13(6-8-14)15(2,3)4/h5-8,12H,9-11H2,1-4H3. The Hall–Kier alpha value is -1.09. The highest BCUT2D eigenvalue weighted by Crippen LogP contribution is 2.26. The molecule has 0 aliphatic carbocycles. The number of rotatable bonds is 1. The van der Waals surface area contributed by atoms with Crippen molar-refractivity contribution in [2.75, 3.05) is 24.5 Å². The van der Waals surface area contributed by atoms with Gasteiger partial charge in [-0.05, 0) is 30.0 Å². The zero-order valence-electron chi connectivity index (χ0n) is 11.8. The molecule has 1 saturated heterocycles. The molecule has 0 aromatic heterocycles. The maximum atomic E-state index is 13.3. The Balaban J connectivity index is 2.11. The van der Waals surface area contributed by atoms with Gasteiger partial charge in [-0.15, -0.1) is 9.60 Å². The fourth-order valence-corrected chi connectivity index (χ4v) is 2.34. The second kappa shape index (κ2) is 4.88. The second-order valence-electron chi connectivity index (χ2n) is 6.22. The molecular weight excluding hydrogens is 227 g/mol. The molecule has 1 unspecified atom stereocenters. The van der Waals surface area contributed by atoms with Crippen LogP contribution < -0.4 is 4.90 Å². The van der Waals surface area contributed by atoms with Crippen molar-refractivity contribution in [2.45, 2.75) is 39.2 Å². The molecule has 1 aliphatic rings. The fraction of sp³-hybridized carbons (Fsp3) is 0.600. The van der Waals surface area contributed by atoms with E-state index in [1.54, 1.807) is 0 Å². The molecule has 0 saturated carbocycles. The molecule has 100 valence electrons. The Morgan fingerprint density at radius 1 is 1.11 bits per heavy atom. The number of nitrogens with zero attached hydrogens (tertiary/aromatic N) is 2. The van der Waals surface area contributed by atoms with Crippen molar-refractivity contribution in [1.82, 2.24) is 5.12 Å². The number of halogens is 1. The summed E-state index contributed by atoms with van der Waals surface area (Å²) in [5.41, 5.74) is 2.72. The van der Waals surface area contributed by atoms with Gasteiger partial charge in [0.25, 0.3) is 0 Å². The maximum absolute atomic E-state index is 13.3. The number of piperazine rings is 1. The highest BCUT2D eigenvalue weighted by atomic mass is 19.2. The molecule has 0 amide bonds. The highest BCUT2D eigenvalue weighted by molar-refractivity contribution is 5.49. The summed E-state index contributed by atoms with van der Waals surface area (Å²) in [5, 5.41) is 0.931. The lowest BCUT2D eigenvalue weighted by Gasteiger charge is -2.36. The molecule has 1 atom stereocenters. The first-order valence-electron chi connectivity index (χ1n) is 6.66. The number of benzene rings is 1. The van der Waals surface area contributed by atoms with E-state index in [-0.39, 0.29) is 11.5 Å². The molecule has 2 rings (SSSR count). The third kappa shape index (κ3) is 2.83. The van der Waals surface area contributed by atoms with Crippen LogP contribution in [0, 0.1) is 0 Å². The van der Waals surface area contributed by atoms with Crippen molar-refractivity contribution in [3.8, 4) is 0 Å². The molecule has 1 aromatic rings. The summed E-state index contributed by atoms with van der Waals surface area (Å²) in [4.78, 5) is 2.26. The van der Waals surface area contributed by atoms with E-state index in [0.717, 1.165) is 18.2 Å².